The standard InChI is InChI=1S/C14H23N3O5/c1-9(2)7-10(13(20)21)15-11(18)5-4-6-17-12(19)8-16(3)14(17)22/h9-10H,4-8H2,1-3H3,(H,15,18)(H,20,21)/t10-/m0/s1. The SMILES string of the molecule is CC(C)C[C@H](NC(=O)CCCN1C(=O)CN(C)C1=O)C(=O)O. The minimum atomic E-state index is -1.06. The Hall–Kier alpha value is -2.12. The van der Waals surface area contributed by atoms with Crippen molar-refractivity contribution in [2.24, 2.45) is 5.92 Å². The maximum absolute atomic E-state index is 11.8. The zero-order chi connectivity index (χ0) is 16.9. The van der Waals surface area contributed by atoms with Crippen LogP contribution in [0.2, 0.25) is 0 Å². The highest BCUT2D eigenvalue weighted by Gasteiger charge is 2.33. The Labute approximate surface area is 129 Å². The van der Waals surface area contributed by atoms with Crippen molar-refractivity contribution in [1.29, 1.82) is 0 Å². The van der Waals surface area contributed by atoms with Gasteiger partial charge in [-0.1, -0.05) is 13.8 Å². The number of likely N-dealkylation sites (N-methyl/N-ethyl adjacent to an activating group) is 1. The molecule has 2 N–H and O–H groups in total. The highest BCUT2D eigenvalue weighted by Crippen LogP contribution is 2.10. The molecule has 0 aromatic rings. The number of imide groups is 1. The Morgan fingerprint density at radius 1 is 1.32 bits per heavy atom. The minimum absolute atomic E-state index is 0.0561. The molecule has 0 radical (unpaired) electrons. The fourth-order valence-corrected chi connectivity index (χ4v) is 2.25. The van der Waals surface area contributed by atoms with Gasteiger partial charge in [0.1, 0.15) is 12.6 Å². The highest BCUT2D eigenvalue weighted by molar-refractivity contribution is 6.01. The van der Waals surface area contributed by atoms with Crippen molar-refractivity contribution in [2.75, 3.05) is 20.1 Å². The van der Waals surface area contributed by atoms with Crippen molar-refractivity contribution in [2.45, 2.75) is 39.2 Å². The molecule has 1 heterocycles. The van der Waals surface area contributed by atoms with Crippen molar-refractivity contribution < 1.29 is 24.3 Å². The molecule has 1 saturated heterocycles. The van der Waals surface area contributed by atoms with Crippen LogP contribution in [0.25, 0.3) is 0 Å². The van der Waals surface area contributed by atoms with E-state index in [4.69, 9.17) is 5.11 Å². The molecule has 0 aliphatic carbocycles. The van der Waals surface area contributed by atoms with Crippen molar-refractivity contribution in [1.82, 2.24) is 15.1 Å². The lowest BCUT2D eigenvalue weighted by molar-refractivity contribution is -0.142. The Morgan fingerprint density at radius 2 is 1.95 bits per heavy atom. The Balaban J connectivity index is 2.38. The second-order valence-electron chi connectivity index (χ2n) is 5.88. The molecule has 4 amide bonds. The number of hydrogen-bond donors (Lipinski definition) is 2. The third-order valence-electron chi connectivity index (χ3n) is 3.36. The Morgan fingerprint density at radius 3 is 2.41 bits per heavy atom. The first-order chi connectivity index (χ1) is 10.2. The fraction of sp³-hybridized carbons (Fsp3) is 0.714. The van der Waals surface area contributed by atoms with E-state index in [0.717, 1.165) is 4.90 Å². The number of carboxylic acids is 1. The van der Waals surface area contributed by atoms with E-state index in [2.05, 4.69) is 5.32 Å². The summed E-state index contributed by atoms with van der Waals surface area (Å²) in [5.74, 6) is -1.58. The number of carbonyl (C=O) groups excluding carboxylic acids is 3. The van der Waals surface area contributed by atoms with E-state index in [1.54, 1.807) is 0 Å². The first-order valence-electron chi connectivity index (χ1n) is 7.30. The van der Waals surface area contributed by atoms with Crippen molar-refractivity contribution in [3.05, 3.63) is 0 Å². The molecule has 124 valence electrons. The fourth-order valence-electron chi connectivity index (χ4n) is 2.25. The molecule has 8 nitrogen and oxygen atoms in total. The van der Waals surface area contributed by atoms with Gasteiger partial charge in [0.2, 0.25) is 11.8 Å². The molecule has 1 aliphatic heterocycles. The van der Waals surface area contributed by atoms with E-state index < -0.39 is 12.0 Å². The summed E-state index contributed by atoms with van der Waals surface area (Å²) in [7, 11) is 1.54. The van der Waals surface area contributed by atoms with Gasteiger partial charge in [0.25, 0.3) is 0 Å². The topological polar surface area (TPSA) is 107 Å². The second-order valence-corrected chi connectivity index (χ2v) is 5.88. The van der Waals surface area contributed by atoms with Crippen LogP contribution in [0, 0.1) is 5.92 Å². The van der Waals surface area contributed by atoms with E-state index >= 15 is 0 Å². The summed E-state index contributed by atoms with van der Waals surface area (Å²) in [6, 6.07) is -1.28. The van der Waals surface area contributed by atoms with E-state index in [9.17, 15) is 19.2 Å². The Bertz CT molecular complexity index is 463. The number of amides is 4. The molecular weight excluding hydrogens is 290 g/mol. The number of nitrogens with one attached hydrogen (secondary N) is 1. The van der Waals surface area contributed by atoms with E-state index in [0.29, 0.717) is 12.8 Å². The van der Waals surface area contributed by atoms with Crippen LogP contribution >= 0.6 is 0 Å². The van der Waals surface area contributed by atoms with Gasteiger partial charge >= 0.3 is 12.0 Å². The molecule has 0 saturated carbocycles. The molecule has 0 spiro atoms. The Kier molecular flexibility index (Phi) is 6.33. The molecule has 1 rings (SSSR count). The first kappa shape index (κ1) is 17.9. The van der Waals surface area contributed by atoms with Gasteiger partial charge in [-0.2, -0.15) is 0 Å². The largest absolute Gasteiger partial charge is 0.480 e. The number of nitrogens with zero attached hydrogens (tertiary/aromatic N) is 2. The van der Waals surface area contributed by atoms with Gasteiger partial charge in [-0.15, -0.1) is 0 Å². The molecule has 0 aromatic carbocycles. The number of urea groups is 1. The van der Waals surface area contributed by atoms with Gasteiger partial charge < -0.3 is 15.3 Å². The van der Waals surface area contributed by atoms with E-state index in [-0.39, 0.29) is 43.3 Å². The summed E-state index contributed by atoms with van der Waals surface area (Å²) >= 11 is 0. The second kappa shape index (κ2) is 7.77. The van der Waals surface area contributed by atoms with Gasteiger partial charge in [-0.3, -0.25) is 14.5 Å². The lowest BCUT2D eigenvalue weighted by atomic mass is 10.0. The molecule has 0 aromatic heterocycles. The van der Waals surface area contributed by atoms with Crippen LogP contribution < -0.4 is 5.32 Å². The lowest BCUT2D eigenvalue weighted by Gasteiger charge is -2.17. The predicted molar refractivity (Wildman–Crippen MR) is 78.0 cm³/mol. The van der Waals surface area contributed by atoms with Crippen molar-refractivity contribution in [3.8, 4) is 0 Å². The molecule has 1 aliphatic rings. The molecule has 1 fully saturated rings. The minimum Gasteiger partial charge on any atom is -0.480 e. The summed E-state index contributed by atoms with van der Waals surface area (Å²) < 4.78 is 0. The highest BCUT2D eigenvalue weighted by atomic mass is 16.4. The molecule has 0 unspecified atom stereocenters. The van der Waals surface area contributed by atoms with Gasteiger partial charge in [-0.25, -0.2) is 9.59 Å². The third-order valence-corrected chi connectivity index (χ3v) is 3.36. The van der Waals surface area contributed by atoms with Crippen LogP contribution in [-0.4, -0.2) is 64.9 Å². The summed E-state index contributed by atoms with van der Waals surface area (Å²) in [4.78, 5) is 48.4. The third kappa shape index (κ3) is 5.01. The lowest BCUT2D eigenvalue weighted by Crippen LogP contribution is -2.42. The normalized spacial score (nSPS) is 16.4. The van der Waals surface area contributed by atoms with Crippen LogP contribution in [0.4, 0.5) is 4.79 Å². The smallest absolute Gasteiger partial charge is 0.326 e. The predicted octanol–water partition coefficient (Wildman–Crippen LogP) is 0.276. The molecule has 0 bridgehead atoms. The maximum Gasteiger partial charge on any atom is 0.326 e. The monoisotopic (exact) mass is 313 g/mol. The molecule has 8 heteroatoms. The zero-order valence-electron chi connectivity index (χ0n) is 13.2. The average Bonchev–Trinajstić information content (AvgIpc) is 2.63. The molecular formula is C14H23N3O5. The maximum atomic E-state index is 11.8. The summed E-state index contributed by atoms with van der Waals surface area (Å²) in [6.45, 7) is 3.98. The van der Waals surface area contributed by atoms with Crippen LogP contribution in [0.3, 0.4) is 0 Å². The number of aliphatic carboxylic acids is 1. The van der Waals surface area contributed by atoms with Crippen LogP contribution in [0.15, 0.2) is 0 Å². The van der Waals surface area contributed by atoms with Gasteiger partial charge in [0, 0.05) is 20.0 Å². The van der Waals surface area contributed by atoms with Crippen LogP contribution in [0.5, 0.6) is 0 Å². The van der Waals surface area contributed by atoms with Gasteiger partial charge in [0.05, 0.1) is 0 Å². The summed E-state index contributed by atoms with van der Waals surface area (Å²) in [5, 5.41) is 11.5. The molecule has 1 atom stereocenters. The zero-order valence-corrected chi connectivity index (χ0v) is 13.2. The van der Waals surface area contributed by atoms with E-state index in [1.165, 1.54) is 11.9 Å². The number of hydrogen-bond acceptors (Lipinski definition) is 4. The van der Waals surface area contributed by atoms with Crippen LogP contribution in [0.1, 0.15) is 33.1 Å². The average molecular weight is 313 g/mol. The first-order valence-corrected chi connectivity index (χ1v) is 7.30. The van der Waals surface area contributed by atoms with Gasteiger partial charge in [-0.05, 0) is 18.8 Å². The number of carbonyl (C=O) groups is 4. The summed E-state index contributed by atoms with van der Waals surface area (Å²) in [5.41, 5.74) is 0. The number of carboxylic acid groups (broad SMARTS) is 1. The summed E-state index contributed by atoms with van der Waals surface area (Å²) in [6.07, 6.45) is 0.739. The van der Waals surface area contributed by atoms with E-state index in [1.807, 2.05) is 13.8 Å². The molecule has 22 heavy (non-hydrogen) atoms. The van der Waals surface area contributed by atoms with Crippen LogP contribution in [-0.2, 0) is 14.4 Å². The quantitative estimate of drug-likeness (QED) is 0.626. The van der Waals surface area contributed by atoms with Crippen molar-refractivity contribution >= 4 is 23.8 Å². The van der Waals surface area contributed by atoms with Gasteiger partial charge in [0.15, 0.2) is 0 Å². The number of rotatable bonds is 8. The van der Waals surface area contributed by atoms with Crippen molar-refractivity contribution in [3.63, 3.8) is 0 Å².